The van der Waals surface area contributed by atoms with Gasteiger partial charge >= 0.3 is 0 Å². The van der Waals surface area contributed by atoms with Crippen LogP contribution in [0.4, 0.5) is 0 Å². The van der Waals surface area contributed by atoms with E-state index in [1.165, 1.54) is 0 Å². The first-order chi connectivity index (χ1) is 4.72. The van der Waals surface area contributed by atoms with E-state index in [9.17, 15) is 0 Å². The van der Waals surface area contributed by atoms with Gasteiger partial charge in [0.2, 0.25) is 0 Å². The molecule has 10 heavy (non-hydrogen) atoms. The standard InChI is InChI=1S/C8H12N2/c1-4-10-6-8(5-9)7(2)3/h4,6-7,10H,1H2,2-3H3/b8-6-. The van der Waals surface area contributed by atoms with Gasteiger partial charge in [-0.25, -0.2) is 0 Å². The van der Waals surface area contributed by atoms with Gasteiger partial charge in [0.15, 0.2) is 0 Å². The average Bonchev–Trinajstić information content (AvgIpc) is 1.89. The lowest BCUT2D eigenvalue weighted by Crippen LogP contribution is -1.98. The molecule has 0 unspecified atom stereocenters. The monoisotopic (exact) mass is 136 g/mol. The molecule has 0 saturated carbocycles. The van der Waals surface area contributed by atoms with Crippen molar-refractivity contribution in [1.82, 2.24) is 5.32 Å². The quantitative estimate of drug-likeness (QED) is 0.600. The zero-order valence-electron chi connectivity index (χ0n) is 6.39. The Morgan fingerprint density at radius 1 is 1.70 bits per heavy atom. The minimum absolute atomic E-state index is 0.275. The molecule has 0 aliphatic heterocycles. The topological polar surface area (TPSA) is 35.8 Å². The lowest BCUT2D eigenvalue weighted by molar-refractivity contribution is 0.787. The minimum atomic E-state index is 0.275. The summed E-state index contributed by atoms with van der Waals surface area (Å²) in [4.78, 5) is 0. The minimum Gasteiger partial charge on any atom is -0.367 e. The normalized spacial score (nSPS) is 10.8. The Morgan fingerprint density at radius 3 is 2.60 bits per heavy atom. The van der Waals surface area contributed by atoms with E-state index in [0.717, 1.165) is 5.57 Å². The fraction of sp³-hybridized carbons (Fsp3) is 0.375. The van der Waals surface area contributed by atoms with E-state index in [1.54, 1.807) is 12.4 Å². The van der Waals surface area contributed by atoms with Gasteiger partial charge in [0.25, 0.3) is 0 Å². The SMILES string of the molecule is C=CN/C=C(/C#N)C(C)C. The molecule has 0 aromatic heterocycles. The molecule has 2 heteroatoms. The van der Waals surface area contributed by atoms with Gasteiger partial charge in [0.05, 0.1) is 6.07 Å². The molecule has 54 valence electrons. The van der Waals surface area contributed by atoms with Crippen LogP contribution in [0.5, 0.6) is 0 Å². The molecule has 0 radical (unpaired) electrons. The Labute approximate surface area is 61.9 Å². The molecule has 0 heterocycles. The number of nitrogens with one attached hydrogen (secondary N) is 1. The molecule has 0 amide bonds. The second-order valence-electron chi connectivity index (χ2n) is 2.24. The summed E-state index contributed by atoms with van der Waals surface area (Å²) < 4.78 is 0. The third-order valence-electron chi connectivity index (χ3n) is 1.11. The van der Waals surface area contributed by atoms with Crippen molar-refractivity contribution in [3.63, 3.8) is 0 Å². The second-order valence-corrected chi connectivity index (χ2v) is 2.24. The predicted molar refractivity (Wildman–Crippen MR) is 41.9 cm³/mol. The smallest absolute Gasteiger partial charge is 0.0965 e. The van der Waals surface area contributed by atoms with Gasteiger partial charge < -0.3 is 5.32 Å². The van der Waals surface area contributed by atoms with Crippen LogP contribution in [-0.4, -0.2) is 0 Å². The molecular formula is C8H12N2. The van der Waals surface area contributed by atoms with E-state index in [-0.39, 0.29) is 5.92 Å². The Morgan fingerprint density at radius 2 is 2.30 bits per heavy atom. The molecular weight excluding hydrogens is 124 g/mol. The molecule has 2 nitrogen and oxygen atoms in total. The first-order valence-corrected chi connectivity index (χ1v) is 3.19. The highest BCUT2D eigenvalue weighted by atomic mass is 14.8. The molecule has 0 aliphatic carbocycles. The largest absolute Gasteiger partial charge is 0.367 e. The number of rotatable bonds is 3. The van der Waals surface area contributed by atoms with E-state index in [2.05, 4.69) is 18.0 Å². The van der Waals surface area contributed by atoms with Gasteiger partial charge in [-0.15, -0.1) is 0 Å². The summed E-state index contributed by atoms with van der Waals surface area (Å²) in [6.45, 7) is 7.41. The predicted octanol–water partition coefficient (Wildman–Crippen LogP) is 1.78. The summed E-state index contributed by atoms with van der Waals surface area (Å²) in [5.41, 5.74) is 0.736. The Balaban J connectivity index is 4.07. The zero-order valence-corrected chi connectivity index (χ0v) is 6.39. The van der Waals surface area contributed by atoms with Crippen molar-refractivity contribution in [3.05, 3.63) is 24.6 Å². The molecule has 0 atom stereocenters. The highest BCUT2D eigenvalue weighted by molar-refractivity contribution is 5.21. The molecule has 0 aromatic rings. The summed E-state index contributed by atoms with van der Waals surface area (Å²) in [5.74, 6) is 0.275. The van der Waals surface area contributed by atoms with Crippen LogP contribution >= 0.6 is 0 Å². The first-order valence-electron chi connectivity index (χ1n) is 3.19. The first kappa shape index (κ1) is 8.77. The number of nitrogens with zero attached hydrogens (tertiary/aromatic N) is 1. The van der Waals surface area contributed by atoms with Crippen LogP contribution in [0.3, 0.4) is 0 Å². The molecule has 0 bridgehead atoms. The summed E-state index contributed by atoms with van der Waals surface area (Å²) in [6, 6.07) is 2.09. The maximum atomic E-state index is 8.53. The summed E-state index contributed by atoms with van der Waals surface area (Å²) in [5, 5.41) is 11.3. The van der Waals surface area contributed by atoms with Crippen LogP contribution < -0.4 is 5.32 Å². The van der Waals surface area contributed by atoms with Gasteiger partial charge in [0, 0.05) is 11.8 Å². The van der Waals surface area contributed by atoms with Crippen LogP contribution in [0.2, 0.25) is 0 Å². The Kier molecular flexibility index (Phi) is 4.06. The summed E-state index contributed by atoms with van der Waals surface area (Å²) >= 11 is 0. The molecule has 0 spiro atoms. The van der Waals surface area contributed by atoms with Crippen LogP contribution in [0, 0.1) is 17.2 Å². The molecule has 0 fully saturated rings. The van der Waals surface area contributed by atoms with Crippen LogP contribution in [-0.2, 0) is 0 Å². The Hall–Kier alpha value is -1.23. The van der Waals surface area contributed by atoms with E-state index in [1.807, 2.05) is 13.8 Å². The van der Waals surface area contributed by atoms with Crippen molar-refractivity contribution in [3.8, 4) is 6.07 Å². The number of nitriles is 1. The second kappa shape index (κ2) is 4.63. The molecule has 0 rings (SSSR count). The van der Waals surface area contributed by atoms with E-state index >= 15 is 0 Å². The van der Waals surface area contributed by atoms with E-state index in [0.29, 0.717) is 0 Å². The Bertz CT molecular complexity index is 172. The van der Waals surface area contributed by atoms with Crippen molar-refractivity contribution in [2.75, 3.05) is 0 Å². The number of allylic oxidation sites excluding steroid dienone is 1. The van der Waals surface area contributed by atoms with Crippen LogP contribution in [0.15, 0.2) is 24.6 Å². The van der Waals surface area contributed by atoms with Gasteiger partial charge in [0.1, 0.15) is 0 Å². The van der Waals surface area contributed by atoms with Crippen molar-refractivity contribution in [1.29, 1.82) is 5.26 Å². The van der Waals surface area contributed by atoms with Crippen molar-refractivity contribution in [2.24, 2.45) is 5.92 Å². The van der Waals surface area contributed by atoms with E-state index in [4.69, 9.17) is 5.26 Å². The van der Waals surface area contributed by atoms with Gasteiger partial charge in [-0.2, -0.15) is 5.26 Å². The number of hydrogen-bond acceptors (Lipinski definition) is 2. The van der Waals surface area contributed by atoms with E-state index < -0.39 is 0 Å². The van der Waals surface area contributed by atoms with Crippen molar-refractivity contribution in [2.45, 2.75) is 13.8 Å². The van der Waals surface area contributed by atoms with Gasteiger partial charge in [-0.1, -0.05) is 20.4 Å². The third-order valence-corrected chi connectivity index (χ3v) is 1.11. The maximum Gasteiger partial charge on any atom is 0.0965 e. The fourth-order valence-electron chi connectivity index (χ4n) is 0.477. The summed E-state index contributed by atoms with van der Waals surface area (Å²) in [6.07, 6.45) is 3.21. The van der Waals surface area contributed by atoms with Crippen LogP contribution in [0.1, 0.15) is 13.8 Å². The molecule has 0 aliphatic rings. The van der Waals surface area contributed by atoms with Gasteiger partial charge in [-0.05, 0) is 12.1 Å². The van der Waals surface area contributed by atoms with Gasteiger partial charge in [-0.3, -0.25) is 0 Å². The third kappa shape index (κ3) is 2.93. The molecule has 0 aromatic carbocycles. The molecule has 0 saturated heterocycles. The van der Waals surface area contributed by atoms with Crippen LogP contribution in [0.25, 0.3) is 0 Å². The highest BCUT2D eigenvalue weighted by Gasteiger charge is 1.98. The summed E-state index contributed by atoms with van der Waals surface area (Å²) in [7, 11) is 0. The van der Waals surface area contributed by atoms with Crippen molar-refractivity contribution < 1.29 is 0 Å². The maximum absolute atomic E-state index is 8.53. The number of hydrogen-bond donors (Lipinski definition) is 1. The van der Waals surface area contributed by atoms with Crippen molar-refractivity contribution >= 4 is 0 Å². The fourth-order valence-corrected chi connectivity index (χ4v) is 0.477. The lowest BCUT2D eigenvalue weighted by Gasteiger charge is -2.00. The highest BCUT2D eigenvalue weighted by Crippen LogP contribution is 2.05. The lowest BCUT2D eigenvalue weighted by atomic mass is 10.1. The average molecular weight is 136 g/mol. The molecule has 1 N–H and O–H groups in total. The zero-order chi connectivity index (χ0) is 7.98.